The van der Waals surface area contributed by atoms with E-state index in [9.17, 15) is 4.79 Å². The minimum absolute atomic E-state index is 0.0156. The zero-order chi connectivity index (χ0) is 11.3. The van der Waals surface area contributed by atoms with E-state index in [4.69, 9.17) is 15.2 Å². The van der Waals surface area contributed by atoms with Gasteiger partial charge in [-0.1, -0.05) is 6.42 Å². The van der Waals surface area contributed by atoms with Crippen LogP contribution < -0.4 is 5.73 Å². The first-order chi connectivity index (χ1) is 7.13. The van der Waals surface area contributed by atoms with Gasteiger partial charge in [0.25, 0.3) is 0 Å². The van der Waals surface area contributed by atoms with Crippen molar-refractivity contribution in [1.82, 2.24) is 0 Å². The quantitative estimate of drug-likeness (QED) is 0.713. The molecule has 0 spiro atoms. The van der Waals surface area contributed by atoms with E-state index in [0.29, 0.717) is 6.61 Å². The summed E-state index contributed by atoms with van der Waals surface area (Å²) in [6.07, 6.45) is 3.93. The molecule has 88 valence electrons. The Morgan fingerprint density at radius 2 is 2.27 bits per heavy atom. The Morgan fingerprint density at radius 1 is 1.53 bits per heavy atom. The summed E-state index contributed by atoms with van der Waals surface area (Å²) in [5.41, 5.74) is 5.61. The van der Waals surface area contributed by atoms with Crippen LogP contribution in [0.25, 0.3) is 0 Å². The summed E-state index contributed by atoms with van der Waals surface area (Å²) in [6.45, 7) is 2.49. The molecule has 3 unspecified atom stereocenters. The largest absolute Gasteiger partial charge is 0.469 e. The topological polar surface area (TPSA) is 61.5 Å². The summed E-state index contributed by atoms with van der Waals surface area (Å²) in [4.78, 5) is 11.3. The molecule has 1 aliphatic rings. The Morgan fingerprint density at radius 3 is 2.87 bits per heavy atom. The molecule has 0 amide bonds. The van der Waals surface area contributed by atoms with Crippen molar-refractivity contribution < 1.29 is 14.3 Å². The van der Waals surface area contributed by atoms with E-state index in [0.717, 1.165) is 25.7 Å². The van der Waals surface area contributed by atoms with Crippen LogP contribution in [0.2, 0.25) is 0 Å². The fourth-order valence-electron chi connectivity index (χ4n) is 1.96. The molecule has 0 heterocycles. The smallest absolute Gasteiger partial charge is 0.308 e. The first-order valence-electron chi connectivity index (χ1n) is 5.58. The van der Waals surface area contributed by atoms with E-state index < -0.39 is 0 Å². The van der Waals surface area contributed by atoms with Gasteiger partial charge in [0, 0.05) is 6.04 Å². The van der Waals surface area contributed by atoms with Gasteiger partial charge in [-0.3, -0.25) is 4.79 Å². The maximum Gasteiger partial charge on any atom is 0.308 e. The maximum absolute atomic E-state index is 11.3. The zero-order valence-corrected chi connectivity index (χ0v) is 9.57. The Labute approximate surface area is 91.1 Å². The highest BCUT2D eigenvalue weighted by atomic mass is 16.5. The molecule has 1 rings (SSSR count). The Bertz CT molecular complexity index is 206. The molecule has 0 aromatic carbocycles. The SMILES string of the molecule is COC(=O)C1CCCC(OCC(C)N)C1. The lowest BCUT2D eigenvalue weighted by Gasteiger charge is -2.28. The van der Waals surface area contributed by atoms with Gasteiger partial charge >= 0.3 is 5.97 Å². The van der Waals surface area contributed by atoms with Crippen molar-refractivity contribution >= 4 is 5.97 Å². The molecule has 2 N–H and O–H groups in total. The normalized spacial score (nSPS) is 28.5. The molecule has 0 radical (unpaired) electrons. The molecule has 0 saturated heterocycles. The highest BCUT2D eigenvalue weighted by Gasteiger charge is 2.28. The van der Waals surface area contributed by atoms with Crippen LogP contribution in [-0.4, -0.2) is 31.8 Å². The molecular weight excluding hydrogens is 194 g/mol. The minimum Gasteiger partial charge on any atom is -0.469 e. The molecule has 4 heteroatoms. The lowest BCUT2D eigenvalue weighted by atomic mass is 9.87. The average molecular weight is 215 g/mol. The van der Waals surface area contributed by atoms with E-state index in [-0.39, 0.29) is 24.0 Å². The monoisotopic (exact) mass is 215 g/mol. The van der Waals surface area contributed by atoms with E-state index in [1.54, 1.807) is 0 Å². The molecule has 4 nitrogen and oxygen atoms in total. The molecule has 1 fully saturated rings. The molecule has 0 aliphatic heterocycles. The van der Waals surface area contributed by atoms with Crippen molar-refractivity contribution in [1.29, 1.82) is 0 Å². The van der Waals surface area contributed by atoms with Crippen molar-refractivity contribution in [3.05, 3.63) is 0 Å². The number of carbonyl (C=O) groups excluding carboxylic acids is 1. The summed E-state index contributed by atoms with van der Waals surface area (Å²) in [5, 5.41) is 0. The van der Waals surface area contributed by atoms with Crippen LogP contribution in [0.3, 0.4) is 0 Å². The van der Waals surface area contributed by atoms with Crippen LogP contribution in [0.4, 0.5) is 0 Å². The lowest BCUT2D eigenvalue weighted by molar-refractivity contribution is -0.148. The minimum atomic E-state index is -0.107. The molecule has 15 heavy (non-hydrogen) atoms. The second kappa shape index (κ2) is 6.08. The number of nitrogens with two attached hydrogens (primary N) is 1. The average Bonchev–Trinajstić information content (AvgIpc) is 2.25. The van der Waals surface area contributed by atoms with E-state index in [1.807, 2.05) is 6.92 Å². The number of hydrogen-bond acceptors (Lipinski definition) is 4. The third-order valence-corrected chi connectivity index (χ3v) is 2.76. The van der Waals surface area contributed by atoms with Crippen LogP contribution in [0.5, 0.6) is 0 Å². The molecule has 0 aromatic rings. The molecule has 0 bridgehead atoms. The van der Waals surface area contributed by atoms with Gasteiger partial charge in [0.2, 0.25) is 0 Å². The second-order valence-electron chi connectivity index (χ2n) is 4.32. The number of carbonyl (C=O) groups is 1. The van der Waals surface area contributed by atoms with Crippen LogP contribution in [-0.2, 0) is 14.3 Å². The highest BCUT2D eigenvalue weighted by molar-refractivity contribution is 5.72. The predicted octanol–water partition coefficient (Wildman–Crippen LogP) is 1.08. The maximum atomic E-state index is 11.3. The van der Waals surface area contributed by atoms with Crippen molar-refractivity contribution in [2.24, 2.45) is 11.7 Å². The predicted molar refractivity (Wildman–Crippen MR) is 57.4 cm³/mol. The number of rotatable bonds is 4. The second-order valence-corrected chi connectivity index (χ2v) is 4.32. The molecule has 1 saturated carbocycles. The number of esters is 1. The van der Waals surface area contributed by atoms with Gasteiger partial charge in [0.1, 0.15) is 0 Å². The van der Waals surface area contributed by atoms with Crippen molar-refractivity contribution in [2.75, 3.05) is 13.7 Å². The third kappa shape index (κ3) is 4.18. The van der Waals surface area contributed by atoms with E-state index in [1.165, 1.54) is 7.11 Å². The van der Waals surface area contributed by atoms with Crippen LogP contribution >= 0.6 is 0 Å². The lowest BCUT2D eigenvalue weighted by Crippen LogP contribution is -2.32. The fourth-order valence-corrected chi connectivity index (χ4v) is 1.96. The number of hydrogen-bond donors (Lipinski definition) is 1. The first kappa shape index (κ1) is 12.5. The highest BCUT2D eigenvalue weighted by Crippen LogP contribution is 2.27. The number of ether oxygens (including phenoxy) is 2. The molecule has 0 aromatic heterocycles. The van der Waals surface area contributed by atoms with Crippen LogP contribution in [0.15, 0.2) is 0 Å². The van der Waals surface area contributed by atoms with Gasteiger partial charge < -0.3 is 15.2 Å². The van der Waals surface area contributed by atoms with Crippen molar-refractivity contribution in [3.63, 3.8) is 0 Å². The molecular formula is C11H21NO3. The van der Waals surface area contributed by atoms with E-state index in [2.05, 4.69) is 0 Å². The summed E-state index contributed by atoms with van der Waals surface area (Å²) < 4.78 is 10.4. The van der Waals surface area contributed by atoms with E-state index >= 15 is 0 Å². The Kier molecular flexibility index (Phi) is 5.05. The van der Waals surface area contributed by atoms with Gasteiger partial charge in [0.15, 0.2) is 0 Å². The first-order valence-corrected chi connectivity index (χ1v) is 5.58. The summed E-state index contributed by atoms with van der Waals surface area (Å²) >= 11 is 0. The summed E-state index contributed by atoms with van der Waals surface area (Å²) in [5.74, 6) is -0.0917. The van der Waals surface area contributed by atoms with Crippen LogP contribution in [0.1, 0.15) is 32.6 Å². The van der Waals surface area contributed by atoms with Gasteiger partial charge in [-0.05, 0) is 26.2 Å². The third-order valence-electron chi connectivity index (χ3n) is 2.76. The van der Waals surface area contributed by atoms with Crippen LogP contribution in [0, 0.1) is 5.92 Å². The summed E-state index contributed by atoms with van der Waals surface area (Å²) in [7, 11) is 1.44. The molecule has 3 atom stereocenters. The fraction of sp³-hybridized carbons (Fsp3) is 0.909. The van der Waals surface area contributed by atoms with Gasteiger partial charge in [0.05, 0.1) is 25.7 Å². The van der Waals surface area contributed by atoms with Gasteiger partial charge in [-0.15, -0.1) is 0 Å². The number of methoxy groups -OCH3 is 1. The zero-order valence-electron chi connectivity index (χ0n) is 9.57. The van der Waals surface area contributed by atoms with Gasteiger partial charge in [-0.2, -0.15) is 0 Å². The van der Waals surface area contributed by atoms with Crippen molar-refractivity contribution in [2.45, 2.75) is 44.8 Å². The van der Waals surface area contributed by atoms with Gasteiger partial charge in [-0.25, -0.2) is 0 Å². The Balaban J connectivity index is 2.32. The standard InChI is InChI=1S/C11H21NO3/c1-8(12)7-15-10-5-3-4-9(6-10)11(13)14-2/h8-10H,3-7,12H2,1-2H3. The summed E-state index contributed by atoms with van der Waals surface area (Å²) in [6, 6.07) is 0.0588. The van der Waals surface area contributed by atoms with Crippen molar-refractivity contribution in [3.8, 4) is 0 Å². The molecule has 1 aliphatic carbocycles. The Hall–Kier alpha value is -0.610.